The van der Waals surface area contributed by atoms with E-state index in [1.807, 2.05) is 12.1 Å². The highest BCUT2D eigenvalue weighted by Gasteiger charge is 2.14. The van der Waals surface area contributed by atoms with Gasteiger partial charge >= 0.3 is 0 Å². The number of nitrogens with zero attached hydrogens (tertiary/aromatic N) is 2. The van der Waals surface area contributed by atoms with Gasteiger partial charge in [0, 0.05) is 18.8 Å². The summed E-state index contributed by atoms with van der Waals surface area (Å²) in [6.45, 7) is 2.78. The zero-order valence-electron chi connectivity index (χ0n) is 8.85. The van der Waals surface area contributed by atoms with E-state index in [1.54, 1.807) is 12.4 Å². The fourth-order valence-corrected chi connectivity index (χ4v) is 1.97. The fourth-order valence-electron chi connectivity index (χ4n) is 1.97. The molecule has 0 unspecified atom stereocenters. The van der Waals surface area contributed by atoms with Gasteiger partial charge in [0.25, 0.3) is 0 Å². The SMILES string of the molecule is O=C(Cc1ccncc1)CN1CCCC1. The molecule has 0 N–H and O–H groups in total. The van der Waals surface area contributed by atoms with Crippen molar-refractivity contribution in [3.8, 4) is 0 Å². The molecular weight excluding hydrogens is 188 g/mol. The number of carbonyl (C=O) groups is 1. The predicted octanol–water partition coefficient (Wildman–Crippen LogP) is 1.29. The van der Waals surface area contributed by atoms with Crippen LogP contribution >= 0.6 is 0 Å². The summed E-state index contributed by atoms with van der Waals surface area (Å²) in [6, 6.07) is 3.81. The van der Waals surface area contributed by atoms with E-state index in [0.29, 0.717) is 18.7 Å². The van der Waals surface area contributed by atoms with E-state index in [0.717, 1.165) is 18.7 Å². The Morgan fingerprint density at radius 2 is 1.93 bits per heavy atom. The molecule has 0 bridgehead atoms. The highest BCUT2D eigenvalue weighted by atomic mass is 16.1. The summed E-state index contributed by atoms with van der Waals surface area (Å²) in [6.07, 6.45) is 6.49. The molecule has 0 spiro atoms. The Hall–Kier alpha value is -1.22. The van der Waals surface area contributed by atoms with Crippen molar-refractivity contribution >= 4 is 5.78 Å². The van der Waals surface area contributed by atoms with Gasteiger partial charge < -0.3 is 0 Å². The third-order valence-corrected chi connectivity index (χ3v) is 2.75. The number of hydrogen-bond acceptors (Lipinski definition) is 3. The van der Waals surface area contributed by atoms with Crippen molar-refractivity contribution < 1.29 is 4.79 Å². The molecule has 2 heterocycles. The zero-order valence-corrected chi connectivity index (χ0v) is 8.85. The summed E-state index contributed by atoms with van der Waals surface area (Å²) in [5, 5.41) is 0. The van der Waals surface area contributed by atoms with Gasteiger partial charge in [0.1, 0.15) is 0 Å². The third-order valence-electron chi connectivity index (χ3n) is 2.75. The quantitative estimate of drug-likeness (QED) is 0.741. The Morgan fingerprint density at radius 3 is 2.60 bits per heavy atom. The van der Waals surface area contributed by atoms with Crippen LogP contribution < -0.4 is 0 Å². The van der Waals surface area contributed by atoms with E-state index in [2.05, 4.69) is 9.88 Å². The van der Waals surface area contributed by atoms with Gasteiger partial charge in [-0.1, -0.05) is 0 Å². The molecular formula is C12H16N2O. The number of likely N-dealkylation sites (tertiary alicyclic amines) is 1. The van der Waals surface area contributed by atoms with Crippen LogP contribution in [0.4, 0.5) is 0 Å². The number of pyridine rings is 1. The molecule has 3 heteroatoms. The van der Waals surface area contributed by atoms with Gasteiger partial charge in [-0.15, -0.1) is 0 Å². The van der Waals surface area contributed by atoms with Crippen LogP contribution in [0.15, 0.2) is 24.5 Å². The lowest BCUT2D eigenvalue weighted by molar-refractivity contribution is -0.119. The molecule has 0 saturated carbocycles. The topological polar surface area (TPSA) is 33.2 Å². The second-order valence-corrected chi connectivity index (χ2v) is 4.05. The largest absolute Gasteiger partial charge is 0.298 e. The average Bonchev–Trinajstić information content (AvgIpc) is 2.71. The standard InChI is InChI=1S/C12H16N2O/c15-12(10-14-7-1-2-8-14)9-11-3-5-13-6-4-11/h3-6H,1-2,7-10H2. The van der Waals surface area contributed by atoms with Crippen LogP contribution in [0.25, 0.3) is 0 Å². The summed E-state index contributed by atoms with van der Waals surface area (Å²) in [7, 11) is 0. The maximum Gasteiger partial charge on any atom is 0.151 e. The second kappa shape index (κ2) is 5.03. The van der Waals surface area contributed by atoms with Crippen LogP contribution in [0, 0.1) is 0 Å². The van der Waals surface area contributed by atoms with Crippen molar-refractivity contribution in [2.75, 3.05) is 19.6 Å². The van der Waals surface area contributed by atoms with Crippen LogP contribution in [0.2, 0.25) is 0 Å². The first kappa shape index (κ1) is 10.3. The first-order valence-electron chi connectivity index (χ1n) is 5.47. The van der Waals surface area contributed by atoms with E-state index in [4.69, 9.17) is 0 Å². The summed E-state index contributed by atoms with van der Waals surface area (Å²) in [5.41, 5.74) is 1.06. The van der Waals surface area contributed by atoms with E-state index in [1.165, 1.54) is 12.8 Å². The Morgan fingerprint density at radius 1 is 1.27 bits per heavy atom. The number of Topliss-reactive ketones (excluding diaryl/α,β-unsaturated/α-hetero) is 1. The molecule has 3 nitrogen and oxygen atoms in total. The molecule has 1 saturated heterocycles. The van der Waals surface area contributed by atoms with Gasteiger partial charge in [0.15, 0.2) is 5.78 Å². The summed E-state index contributed by atoms with van der Waals surface area (Å²) < 4.78 is 0. The van der Waals surface area contributed by atoms with Crippen molar-refractivity contribution in [1.29, 1.82) is 0 Å². The Labute approximate surface area is 90.1 Å². The number of aromatic nitrogens is 1. The van der Waals surface area contributed by atoms with Gasteiger partial charge in [-0.25, -0.2) is 0 Å². The van der Waals surface area contributed by atoms with Gasteiger partial charge in [0.05, 0.1) is 6.54 Å². The number of rotatable bonds is 4. The molecule has 1 aliphatic rings. The molecule has 0 aliphatic carbocycles. The predicted molar refractivity (Wildman–Crippen MR) is 58.6 cm³/mol. The maximum absolute atomic E-state index is 11.7. The minimum absolute atomic E-state index is 0.308. The highest BCUT2D eigenvalue weighted by molar-refractivity contribution is 5.82. The van der Waals surface area contributed by atoms with Crippen LogP contribution in [0.1, 0.15) is 18.4 Å². The second-order valence-electron chi connectivity index (χ2n) is 4.05. The molecule has 1 aliphatic heterocycles. The van der Waals surface area contributed by atoms with Crippen LogP contribution in [0.5, 0.6) is 0 Å². The van der Waals surface area contributed by atoms with Crippen LogP contribution in [0.3, 0.4) is 0 Å². The maximum atomic E-state index is 11.7. The van der Waals surface area contributed by atoms with Crippen LogP contribution in [-0.4, -0.2) is 35.3 Å². The van der Waals surface area contributed by atoms with Gasteiger partial charge in [-0.3, -0.25) is 14.7 Å². The average molecular weight is 204 g/mol. The van der Waals surface area contributed by atoms with E-state index >= 15 is 0 Å². The lowest BCUT2D eigenvalue weighted by Crippen LogP contribution is -2.27. The zero-order chi connectivity index (χ0) is 10.5. The normalized spacial score (nSPS) is 16.8. The number of hydrogen-bond donors (Lipinski definition) is 0. The van der Waals surface area contributed by atoms with Gasteiger partial charge in [0.2, 0.25) is 0 Å². The Kier molecular flexibility index (Phi) is 3.45. The van der Waals surface area contributed by atoms with Gasteiger partial charge in [-0.05, 0) is 43.6 Å². The lowest BCUT2D eigenvalue weighted by atomic mass is 10.1. The molecule has 1 aromatic rings. The summed E-state index contributed by atoms with van der Waals surface area (Å²) >= 11 is 0. The summed E-state index contributed by atoms with van der Waals surface area (Å²) in [4.78, 5) is 17.9. The molecule has 0 amide bonds. The van der Waals surface area contributed by atoms with Crippen molar-refractivity contribution in [2.24, 2.45) is 0 Å². The fraction of sp³-hybridized carbons (Fsp3) is 0.500. The Balaban J connectivity index is 1.82. The molecule has 15 heavy (non-hydrogen) atoms. The molecule has 0 atom stereocenters. The van der Waals surface area contributed by atoms with Crippen molar-refractivity contribution in [3.05, 3.63) is 30.1 Å². The Bertz CT molecular complexity index is 318. The number of carbonyl (C=O) groups excluding carboxylic acids is 1. The van der Waals surface area contributed by atoms with Crippen molar-refractivity contribution in [1.82, 2.24) is 9.88 Å². The van der Waals surface area contributed by atoms with Crippen LogP contribution in [-0.2, 0) is 11.2 Å². The molecule has 80 valence electrons. The van der Waals surface area contributed by atoms with E-state index < -0.39 is 0 Å². The smallest absolute Gasteiger partial charge is 0.151 e. The number of ketones is 1. The molecule has 2 rings (SSSR count). The van der Waals surface area contributed by atoms with Crippen molar-refractivity contribution in [3.63, 3.8) is 0 Å². The molecule has 1 fully saturated rings. The lowest BCUT2D eigenvalue weighted by Gasteiger charge is -2.12. The molecule has 1 aromatic heterocycles. The first-order chi connectivity index (χ1) is 7.34. The first-order valence-corrected chi connectivity index (χ1v) is 5.47. The van der Waals surface area contributed by atoms with E-state index in [-0.39, 0.29) is 0 Å². The van der Waals surface area contributed by atoms with E-state index in [9.17, 15) is 4.79 Å². The minimum Gasteiger partial charge on any atom is -0.298 e. The minimum atomic E-state index is 0.308. The van der Waals surface area contributed by atoms with Crippen molar-refractivity contribution in [2.45, 2.75) is 19.3 Å². The van der Waals surface area contributed by atoms with Gasteiger partial charge in [-0.2, -0.15) is 0 Å². The monoisotopic (exact) mass is 204 g/mol. The third kappa shape index (κ3) is 3.13. The molecule has 0 radical (unpaired) electrons. The molecule has 0 aromatic carbocycles. The highest BCUT2D eigenvalue weighted by Crippen LogP contribution is 2.07. The summed E-state index contributed by atoms with van der Waals surface area (Å²) in [5.74, 6) is 0.308.